The Morgan fingerprint density at radius 2 is 1.12 bits per heavy atom. The molecule has 49 heavy (non-hydrogen) atoms. The highest BCUT2D eigenvalue weighted by atomic mass is 16.3. The van der Waals surface area contributed by atoms with Gasteiger partial charge in [0.2, 0.25) is 0 Å². The summed E-state index contributed by atoms with van der Waals surface area (Å²) in [6, 6.07) is 65.0. The average Bonchev–Trinajstić information content (AvgIpc) is 3.71. The highest BCUT2D eigenvalue weighted by Crippen LogP contribution is 2.47. The molecule has 0 N–H and O–H groups in total. The Balaban J connectivity index is 1.29. The first kappa shape index (κ1) is 27.5. The number of hydrogen-bond donors (Lipinski definition) is 0. The maximum Gasteiger partial charge on any atom is 0.137 e. The van der Waals surface area contributed by atoms with Crippen molar-refractivity contribution in [1.29, 1.82) is 0 Å². The number of furan rings is 1. The van der Waals surface area contributed by atoms with Crippen LogP contribution in [-0.4, -0.2) is 4.57 Å². The molecule has 0 radical (unpaired) electrons. The molecule has 0 fully saturated rings. The van der Waals surface area contributed by atoms with E-state index in [-0.39, 0.29) is 0 Å². The summed E-state index contributed by atoms with van der Waals surface area (Å²) in [5.41, 5.74) is 10.8. The highest BCUT2D eigenvalue weighted by Gasteiger charge is 2.23. The third kappa shape index (κ3) is 4.37. The van der Waals surface area contributed by atoms with E-state index in [1.54, 1.807) is 0 Å². The molecular formula is C46H30N2O. The summed E-state index contributed by atoms with van der Waals surface area (Å²) in [5, 5.41) is 7.09. The van der Waals surface area contributed by atoms with E-state index < -0.39 is 0 Å². The van der Waals surface area contributed by atoms with Crippen molar-refractivity contribution in [3.05, 3.63) is 182 Å². The maximum absolute atomic E-state index is 6.47. The second kappa shape index (κ2) is 11.0. The fourth-order valence-electron chi connectivity index (χ4n) is 7.57. The molecule has 0 atom stereocenters. The summed E-state index contributed by atoms with van der Waals surface area (Å²) in [7, 11) is 0. The lowest BCUT2D eigenvalue weighted by Crippen LogP contribution is -2.11. The Hall–Kier alpha value is -6.58. The summed E-state index contributed by atoms with van der Waals surface area (Å²) in [6.45, 7) is 0. The normalized spacial score (nSPS) is 11.7. The third-order valence-electron chi connectivity index (χ3n) is 9.76. The molecule has 10 aromatic rings. The molecule has 10 rings (SSSR count). The Kier molecular flexibility index (Phi) is 6.18. The van der Waals surface area contributed by atoms with Gasteiger partial charge < -0.3 is 13.9 Å². The minimum Gasteiger partial charge on any atom is -0.456 e. The van der Waals surface area contributed by atoms with E-state index in [4.69, 9.17) is 4.42 Å². The van der Waals surface area contributed by atoms with E-state index in [0.29, 0.717) is 0 Å². The molecule has 3 heteroatoms. The smallest absolute Gasteiger partial charge is 0.137 e. The van der Waals surface area contributed by atoms with Gasteiger partial charge in [-0.05, 0) is 77.0 Å². The number of para-hydroxylation sites is 4. The molecule has 2 heterocycles. The van der Waals surface area contributed by atoms with Gasteiger partial charge in [0.1, 0.15) is 11.2 Å². The summed E-state index contributed by atoms with van der Waals surface area (Å²) >= 11 is 0. The van der Waals surface area contributed by atoms with Crippen molar-refractivity contribution in [3.8, 4) is 16.8 Å². The van der Waals surface area contributed by atoms with Crippen molar-refractivity contribution < 1.29 is 4.42 Å². The molecule has 0 aliphatic heterocycles. The minimum atomic E-state index is 0.866. The summed E-state index contributed by atoms with van der Waals surface area (Å²) < 4.78 is 8.85. The first-order chi connectivity index (χ1) is 24.3. The monoisotopic (exact) mass is 626 g/mol. The lowest BCUT2D eigenvalue weighted by atomic mass is 9.98. The third-order valence-corrected chi connectivity index (χ3v) is 9.76. The van der Waals surface area contributed by atoms with Gasteiger partial charge >= 0.3 is 0 Å². The lowest BCUT2D eigenvalue weighted by molar-refractivity contribution is 0.669. The molecule has 0 unspecified atom stereocenters. The van der Waals surface area contributed by atoms with Gasteiger partial charge in [0, 0.05) is 44.5 Å². The van der Waals surface area contributed by atoms with Crippen LogP contribution in [0.4, 0.5) is 17.1 Å². The van der Waals surface area contributed by atoms with Crippen molar-refractivity contribution in [2.75, 3.05) is 4.90 Å². The Morgan fingerprint density at radius 1 is 0.429 bits per heavy atom. The number of aromatic nitrogens is 1. The lowest BCUT2D eigenvalue weighted by Gasteiger charge is -2.29. The van der Waals surface area contributed by atoms with E-state index in [1.165, 1.54) is 32.6 Å². The number of nitrogens with zero attached hydrogens (tertiary/aromatic N) is 2. The van der Waals surface area contributed by atoms with E-state index in [2.05, 4.69) is 179 Å². The first-order valence-corrected chi connectivity index (χ1v) is 16.7. The summed E-state index contributed by atoms with van der Waals surface area (Å²) in [4.78, 5) is 2.42. The van der Waals surface area contributed by atoms with E-state index in [1.807, 2.05) is 12.1 Å². The zero-order valence-corrected chi connectivity index (χ0v) is 26.6. The van der Waals surface area contributed by atoms with Gasteiger partial charge in [-0.1, -0.05) is 115 Å². The predicted octanol–water partition coefficient (Wildman–Crippen LogP) is 13.0. The van der Waals surface area contributed by atoms with Gasteiger partial charge in [-0.3, -0.25) is 0 Å². The Labute approximate surface area is 283 Å². The average molecular weight is 627 g/mol. The fraction of sp³-hybridized carbons (Fsp3) is 0. The van der Waals surface area contributed by atoms with E-state index in [0.717, 1.165) is 55.8 Å². The molecular weight excluding hydrogens is 597 g/mol. The van der Waals surface area contributed by atoms with E-state index in [9.17, 15) is 0 Å². The quantitative estimate of drug-likeness (QED) is 0.190. The number of fused-ring (bicyclic) bond motifs is 7. The van der Waals surface area contributed by atoms with Crippen molar-refractivity contribution in [2.24, 2.45) is 0 Å². The minimum absolute atomic E-state index is 0.866. The molecule has 0 bridgehead atoms. The maximum atomic E-state index is 6.47. The van der Waals surface area contributed by atoms with Crippen LogP contribution in [0.2, 0.25) is 0 Å². The highest BCUT2D eigenvalue weighted by molar-refractivity contribution is 6.17. The Morgan fingerprint density at radius 3 is 2.04 bits per heavy atom. The van der Waals surface area contributed by atoms with Crippen molar-refractivity contribution >= 4 is 71.6 Å². The number of rotatable bonds is 5. The van der Waals surface area contributed by atoms with E-state index >= 15 is 0 Å². The van der Waals surface area contributed by atoms with Crippen LogP contribution < -0.4 is 4.90 Å². The number of benzene rings is 8. The number of hydrogen-bond acceptors (Lipinski definition) is 2. The van der Waals surface area contributed by atoms with Crippen molar-refractivity contribution in [2.45, 2.75) is 0 Å². The van der Waals surface area contributed by atoms with Gasteiger partial charge in [0.15, 0.2) is 0 Å². The standard InChI is InChI=1S/C46H30N2O/c1-2-15-34(16-3-1)47-41-21-10-7-19-39(41)46-42(47)22-12-23-43(46)48(35-27-28-38-37-18-8-11-24-44(37)49-45(38)30-35)40-20-9-6-17-36(40)33-26-25-31-13-4-5-14-32(31)29-33/h1-30H. The van der Waals surface area contributed by atoms with Crippen LogP contribution in [0.1, 0.15) is 0 Å². The molecule has 3 nitrogen and oxygen atoms in total. The molecule has 0 saturated carbocycles. The topological polar surface area (TPSA) is 21.3 Å². The molecule has 0 saturated heterocycles. The van der Waals surface area contributed by atoms with Crippen molar-refractivity contribution in [3.63, 3.8) is 0 Å². The molecule has 0 spiro atoms. The Bertz CT molecular complexity index is 2840. The molecule has 2 aromatic heterocycles. The van der Waals surface area contributed by atoms with Gasteiger partial charge in [0.05, 0.1) is 22.4 Å². The second-order valence-electron chi connectivity index (χ2n) is 12.6. The zero-order chi connectivity index (χ0) is 32.3. The van der Waals surface area contributed by atoms with Crippen LogP contribution in [0.25, 0.3) is 71.3 Å². The fourth-order valence-corrected chi connectivity index (χ4v) is 7.57. The molecule has 0 aliphatic carbocycles. The summed E-state index contributed by atoms with van der Waals surface area (Å²) in [6.07, 6.45) is 0. The van der Waals surface area contributed by atoms with Crippen LogP contribution in [0.5, 0.6) is 0 Å². The summed E-state index contributed by atoms with van der Waals surface area (Å²) in [5.74, 6) is 0. The largest absolute Gasteiger partial charge is 0.456 e. The molecule has 8 aromatic carbocycles. The van der Waals surface area contributed by atoms with Crippen LogP contribution >= 0.6 is 0 Å². The van der Waals surface area contributed by atoms with Crippen LogP contribution in [0, 0.1) is 0 Å². The zero-order valence-electron chi connectivity index (χ0n) is 26.6. The number of anilines is 3. The van der Waals surface area contributed by atoms with Crippen LogP contribution in [-0.2, 0) is 0 Å². The molecule has 230 valence electrons. The van der Waals surface area contributed by atoms with Crippen molar-refractivity contribution in [1.82, 2.24) is 4.57 Å². The predicted molar refractivity (Wildman–Crippen MR) is 206 cm³/mol. The first-order valence-electron chi connectivity index (χ1n) is 16.7. The SMILES string of the molecule is c1ccc(-n2c3ccccc3c3c(N(c4ccc5c(c4)oc4ccccc45)c4ccccc4-c4ccc5ccccc5c4)cccc32)cc1. The molecule has 0 aliphatic rings. The van der Waals surface area contributed by atoms with Gasteiger partial charge in [-0.25, -0.2) is 0 Å². The van der Waals surface area contributed by atoms with Crippen LogP contribution in [0.3, 0.4) is 0 Å². The van der Waals surface area contributed by atoms with Gasteiger partial charge in [0.25, 0.3) is 0 Å². The molecule has 0 amide bonds. The van der Waals surface area contributed by atoms with Gasteiger partial charge in [-0.15, -0.1) is 0 Å². The van der Waals surface area contributed by atoms with Gasteiger partial charge in [-0.2, -0.15) is 0 Å². The second-order valence-corrected chi connectivity index (χ2v) is 12.6. The van der Waals surface area contributed by atoms with Crippen LogP contribution in [0.15, 0.2) is 186 Å².